The van der Waals surface area contributed by atoms with Crippen molar-refractivity contribution in [2.45, 2.75) is 26.2 Å². The van der Waals surface area contributed by atoms with E-state index in [1.54, 1.807) is 0 Å². The molecular weight excluding hydrogens is 711 g/mol. The molecule has 0 amide bonds. The number of rotatable bonds is 6. The highest BCUT2D eigenvalue weighted by Gasteiger charge is 2.37. The van der Waals surface area contributed by atoms with Gasteiger partial charge in [0, 0.05) is 53.6 Å². The van der Waals surface area contributed by atoms with E-state index in [9.17, 15) is 0 Å². The Morgan fingerprint density at radius 3 is 2.07 bits per heavy atom. The minimum Gasteiger partial charge on any atom is -0.456 e. The van der Waals surface area contributed by atoms with Crippen LogP contribution in [0.2, 0.25) is 0 Å². The molecule has 0 fully saturated rings. The molecule has 0 unspecified atom stereocenters. The number of fused-ring (bicyclic) bond motifs is 11. The summed E-state index contributed by atoms with van der Waals surface area (Å²) in [7, 11) is 0. The molecule has 0 saturated heterocycles. The van der Waals surface area contributed by atoms with Crippen LogP contribution in [-0.2, 0) is 5.41 Å². The molecule has 2 aromatic heterocycles. The molecule has 0 spiro atoms. The van der Waals surface area contributed by atoms with E-state index >= 15 is 0 Å². The molecule has 3 heteroatoms. The van der Waals surface area contributed by atoms with Crippen molar-refractivity contribution in [3.8, 4) is 22.3 Å². The Kier molecular flexibility index (Phi) is 7.48. The molecule has 0 saturated carbocycles. The maximum Gasteiger partial charge on any atom is 0.136 e. The SMILES string of the molecule is C=Cc1oc2ccc3ccccc3c2c1/C=C(\C)N(c1ccc(-c2ccc3sc4ccccc4c3c2)cc1)c1ccc2c(c1)-c1c(ccc3ccccc13)C2(C)C. The van der Waals surface area contributed by atoms with Gasteiger partial charge in [0.2, 0.25) is 0 Å². The fraction of sp³-hybridized carbons (Fsp3) is 0.0741. The lowest BCUT2D eigenvalue weighted by Crippen LogP contribution is -2.16. The summed E-state index contributed by atoms with van der Waals surface area (Å²) in [5.74, 6) is 0.767. The van der Waals surface area contributed by atoms with E-state index in [2.05, 4.69) is 196 Å². The van der Waals surface area contributed by atoms with Crippen molar-refractivity contribution < 1.29 is 4.42 Å². The summed E-state index contributed by atoms with van der Waals surface area (Å²) in [6.45, 7) is 11.1. The maximum atomic E-state index is 6.45. The smallest absolute Gasteiger partial charge is 0.136 e. The molecule has 0 bridgehead atoms. The second-order valence-corrected chi connectivity index (χ2v) is 16.9. The molecule has 8 aromatic carbocycles. The van der Waals surface area contributed by atoms with Crippen LogP contribution in [0.3, 0.4) is 0 Å². The molecule has 0 radical (unpaired) electrons. The highest BCUT2D eigenvalue weighted by Crippen LogP contribution is 2.53. The minimum atomic E-state index is -0.116. The topological polar surface area (TPSA) is 16.4 Å². The summed E-state index contributed by atoms with van der Waals surface area (Å²) >= 11 is 1.86. The van der Waals surface area contributed by atoms with Crippen LogP contribution in [0.15, 0.2) is 174 Å². The summed E-state index contributed by atoms with van der Waals surface area (Å²) in [6, 6.07) is 57.8. The van der Waals surface area contributed by atoms with E-state index in [-0.39, 0.29) is 5.41 Å². The van der Waals surface area contributed by atoms with Gasteiger partial charge >= 0.3 is 0 Å². The van der Waals surface area contributed by atoms with E-state index < -0.39 is 0 Å². The van der Waals surface area contributed by atoms with Gasteiger partial charge in [0.25, 0.3) is 0 Å². The molecule has 1 aliphatic rings. The molecule has 57 heavy (non-hydrogen) atoms. The molecule has 11 rings (SSSR count). The fourth-order valence-corrected chi connectivity index (χ4v) is 10.5. The third-order valence-corrected chi connectivity index (χ3v) is 13.3. The number of hydrogen-bond donors (Lipinski definition) is 0. The monoisotopic (exact) mass is 749 g/mol. The molecule has 0 atom stereocenters. The quantitative estimate of drug-likeness (QED) is 0.168. The van der Waals surface area contributed by atoms with Gasteiger partial charge in [0.15, 0.2) is 0 Å². The lowest BCUT2D eigenvalue weighted by atomic mass is 9.82. The summed E-state index contributed by atoms with van der Waals surface area (Å²) in [6.07, 6.45) is 4.11. The standard InChI is InChI=1S/C54H39NOS/c1-5-48-45(53-41-15-9-7-13-36(41)21-28-49(53)56-48)30-33(2)55(38-23-18-34(19-24-38)37-22-29-51-43(31-37)42-16-10-11-17-50(42)57-51)39-25-27-46-44(32-39)52-40-14-8-6-12-35(40)20-26-47(52)54(46,3)4/h5-32H,1H2,2-4H3/b33-30+. The lowest BCUT2D eigenvalue weighted by molar-refractivity contribution is 0.603. The van der Waals surface area contributed by atoms with Crippen LogP contribution in [0.25, 0.3) is 87.1 Å². The van der Waals surface area contributed by atoms with Gasteiger partial charge in [-0.2, -0.15) is 0 Å². The molecule has 1 aliphatic carbocycles. The Hall–Kier alpha value is -6.68. The zero-order valence-electron chi connectivity index (χ0n) is 32.1. The van der Waals surface area contributed by atoms with Crippen LogP contribution >= 0.6 is 11.3 Å². The van der Waals surface area contributed by atoms with E-state index in [1.807, 2.05) is 17.4 Å². The van der Waals surface area contributed by atoms with Gasteiger partial charge in [-0.15, -0.1) is 11.3 Å². The van der Waals surface area contributed by atoms with Gasteiger partial charge in [-0.05, 0) is 123 Å². The normalized spacial score (nSPS) is 13.5. The molecule has 0 N–H and O–H groups in total. The molecule has 272 valence electrons. The third kappa shape index (κ3) is 5.16. The van der Waals surface area contributed by atoms with E-state index in [4.69, 9.17) is 4.42 Å². The lowest BCUT2D eigenvalue weighted by Gasteiger charge is -2.28. The van der Waals surface area contributed by atoms with Crippen LogP contribution in [0.4, 0.5) is 11.4 Å². The summed E-state index contributed by atoms with van der Waals surface area (Å²) in [5, 5.41) is 8.63. The number of anilines is 2. The van der Waals surface area contributed by atoms with Crippen LogP contribution in [0.5, 0.6) is 0 Å². The number of hydrogen-bond acceptors (Lipinski definition) is 3. The second kappa shape index (κ2) is 12.7. The van der Waals surface area contributed by atoms with Gasteiger partial charge in [-0.3, -0.25) is 0 Å². The number of furan rings is 1. The van der Waals surface area contributed by atoms with Crippen molar-refractivity contribution in [2.75, 3.05) is 4.90 Å². The highest BCUT2D eigenvalue weighted by atomic mass is 32.1. The second-order valence-electron chi connectivity index (χ2n) is 15.8. The van der Waals surface area contributed by atoms with E-state index in [0.717, 1.165) is 39.4 Å². The summed E-state index contributed by atoms with van der Waals surface area (Å²) in [4.78, 5) is 2.40. The molecule has 2 nitrogen and oxygen atoms in total. The Balaban J connectivity index is 1.10. The Bertz CT molecular complexity index is 3300. The number of thiophene rings is 1. The number of allylic oxidation sites excluding steroid dienone is 1. The van der Waals surface area contributed by atoms with Crippen molar-refractivity contribution in [3.05, 3.63) is 192 Å². The van der Waals surface area contributed by atoms with Crippen LogP contribution < -0.4 is 4.90 Å². The van der Waals surface area contributed by atoms with Gasteiger partial charge < -0.3 is 9.32 Å². The van der Waals surface area contributed by atoms with Crippen molar-refractivity contribution in [2.24, 2.45) is 0 Å². The van der Waals surface area contributed by atoms with Gasteiger partial charge in [-0.1, -0.05) is 130 Å². The average Bonchev–Trinajstić information content (AvgIpc) is 3.88. The first kappa shape index (κ1) is 33.6. The Morgan fingerprint density at radius 2 is 1.26 bits per heavy atom. The highest BCUT2D eigenvalue weighted by molar-refractivity contribution is 7.25. The predicted octanol–water partition coefficient (Wildman–Crippen LogP) is 15.9. The Morgan fingerprint density at radius 1 is 0.614 bits per heavy atom. The largest absolute Gasteiger partial charge is 0.456 e. The average molecular weight is 750 g/mol. The fourth-order valence-electron chi connectivity index (χ4n) is 9.40. The van der Waals surface area contributed by atoms with Crippen LogP contribution in [-0.4, -0.2) is 0 Å². The van der Waals surface area contributed by atoms with Gasteiger partial charge in [0.05, 0.1) is 0 Å². The first-order chi connectivity index (χ1) is 27.9. The maximum absolute atomic E-state index is 6.45. The zero-order chi connectivity index (χ0) is 38.4. The van der Waals surface area contributed by atoms with Gasteiger partial charge in [0.1, 0.15) is 11.3 Å². The molecule has 10 aromatic rings. The summed E-state index contributed by atoms with van der Waals surface area (Å²) < 4.78 is 9.09. The van der Waals surface area contributed by atoms with Crippen molar-refractivity contribution in [1.29, 1.82) is 0 Å². The van der Waals surface area contributed by atoms with E-state index in [1.165, 1.54) is 75.1 Å². The molecular formula is C54H39NOS. The van der Waals surface area contributed by atoms with Crippen molar-refractivity contribution in [3.63, 3.8) is 0 Å². The van der Waals surface area contributed by atoms with Gasteiger partial charge in [-0.25, -0.2) is 0 Å². The molecule has 2 heterocycles. The van der Waals surface area contributed by atoms with Crippen LogP contribution in [0.1, 0.15) is 43.2 Å². The number of benzene rings is 8. The van der Waals surface area contributed by atoms with Crippen LogP contribution in [0, 0.1) is 0 Å². The van der Waals surface area contributed by atoms with Crippen molar-refractivity contribution >= 4 is 87.6 Å². The molecule has 0 aliphatic heterocycles. The van der Waals surface area contributed by atoms with Crippen molar-refractivity contribution in [1.82, 2.24) is 0 Å². The number of nitrogens with zero attached hydrogens (tertiary/aromatic N) is 1. The summed E-state index contributed by atoms with van der Waals surface area (Å²) in [5.41, 5.74) is 12.8. The first-order valence-corrected chi connectivity index (χ1v) is 20.4. The third-order valence-electron chi connectivity index (χ3n) is 12.2. The Labute approximate surface area is 336 Å². The predicted molar refractivity (Wildman–Crippen MR) is 246 cm³/mol. The first-order valence-electron chi connectivity index (χ1n) is 19.6. The van der Waals surface area contributed by atoms with E-state index in [0.29, 0.717) is 0 Å². The minimum absolute atomic E-state index is 0.116. The zero-order valence-corrected chi connectivity index (χ0v) is 33.0.